The Morgan fingerprint density at radius 1 is 1.44 bits per heavy atom. The third kappa shape index (κ3) is 3.89. The van der Waals surface area contributed by atoms with Crippen LogP contribution in [0.25, 0.3) is 0 Å². The van der Waals surface area contributed by atoms with E-state index in [1.165, 1.54) is 30.6 Å². The van der Waals surface area contributed by atoms with Gasteiger partial charge in [0.15, 0.2) is 0 Å². The molecule has 2 unspecified atom stereocenters. The van der Waals surface area contributed by atoms with E-state index in [1.54, 1.807) is 0 Å². The van der Waals surface area contributed by atoms with Crippen molar-refractivity contribution in [1.82, 2.24) is 5.32 Å². The van der Waals surface area contributed by atoms with Crippen LogP contribution in [0.2, 0.25) is 5.02 Å². The maximum Gasteiger partial charge on any atom is 0.0551 e. The Bertz CT molecular complexity index is 399. The van der Waals surface area contributed by atoms with Crippen LogP contribution in [0.3, 0.4) is 0 Å². The molecule has 100 valence electrons. The molecule has 0 saturated heterocycles. The predicted octanol–water partition coefficient (Wildman–Crippen LogP) is 4.87. The predicted molar refractivity (Wildman–Crippen MR) is 85.6 cm³/mol. The molecule has 2 atom stereocenters. The van der Waals surface area contributed by atoms with Crippen molar-refractivity contribution in [2.75, 3.05) is 5.75 Å². The summed E-state index contributed by atoms with van der Waals surface area (Å²) < 4.78 is 0.966. The fourth-order valence-corrected chi connectivity index (χ4v) is 4.15. The van der Waals surface area contributed by atoms with Gasteiger partial charge in [-0.1, -0.05) is 31.0 Å². The zero-order chi connectivity index (χ0) is 13.0. The highest BCUT2D eigenvalue weighted by Crippen LogP contribution is 2.30. The van der Waals surface area contributed by atoms with Crippen molar-refractivity contribution in [2.24, 2.45) is 0 Å². The monoisotopic (exact) mass is 347 g/mol. The van der Waals surface area contributed by atoms with Crippen LogP contribution in [-0.4, -0.2) is 17.0 Å². The molecule has 1 aromatic carbocycles. The first-order valence-corrected chi connectivity index (χ1v) is 8.71. The van der Waals surface area contributed by atoms with E-state index < -0.39 is 0 Å². The summed E-state index contributed by atoms with van der Waals surface area (Å²) in [7, 11) is 0. The lowest BCUT2D eigenvalue weighted by Gasteiger charge is -2.20. The van der Waals surface area contributed by atoms with Gasteiger partial charge in [-0.15, -0.1) is 0 Å². The first kappa shape index (κ1) is 14.7. The molecule has 0 radical (unpaired) electrons. The van der Waals surface area contributed by atoms with Gasteiger partial charge < -0.3 is 5.32 Å². The molecular weight excluding hydrogens is 330 g/mol. The Labute approximate surface area is 127 Å². The van der Waals surface area contributed by atoms with Gasteiger partial charge in [-0.05, 0) is 52.2 Å². The van der Waals surface area contributed by atoms with Crippen LogP contribution < -0.4 is 5.32 Å². The number of benzene rings is 1. The Kier molecular flexibility index (Phi) is 5.87. The SMILES string of the molecule is CCSC1CCCC1NCc1ccc(Br)c(Cl)c1. The number of hydrogen-bond acceptors (Lipinski definition) is 2. The fraction of sp³-hybridized carbons (Fsp3) is 0.571. The lowest BCUT2D eigenvalue weighted by molar-refractivity contribution is 0.532. The highest BCUT2D eigenvalue weighted by Gasteiger charge is 2.26. The quantitative estimate of drug-likeness (QED) is 0.815. The zero-order valence-electron chi connectivity index (χ0n) is 10.6. The van der Waals surface area contributed by atoms with Crippen molar-refractivity contribution in [3.63, 3.8) is 0 Å². The van der Waals surface area contributed by atoms with E-state index in [0.29, 0.717) is 6.04 Å². The summed E-state index contributed by atoms with van der Waals surface area (Å²) in [5.74, 6) is 1.22. The summed E-state index contributed by atoms with van der Waals surface area (Å²) in [6, 6.07) is 6.85. The van der Waals surface area contributed by atoms with Crippen LogP contribution in [0.5, 0.6) is 0 Å². The van der Waals surface area contributed by atoms with Gasteiger partial charge in [0, 0.05) is 22.3 Å². The largest absolute Gasteiger partial charge is 0.309 e. The molecule has 1 aliphatic rings. The molecule has 4 heteroatoms. The van der Waals surface area contributed by atoms with Crippen LogP contribution in [0.4, 0.5) is 0 Å². The summed E-state index contributed by atoms with van der Waals surface area (Å²) in [6.07, 6.45) is 4.02. The standard InChI is InChI=1S/C14H19BrClNS/c1-2-18-14-5-3-4-13(14)17-9-10-6-7-11(15)12(16)8-10/h6-8,13-14,17H,2-5,9H2,1H3. The topological polar surface area (TPSA) is 12.0 Å². The molecule has 0 amide bonds. The minimum Gasteiger partial charge on any atom is -0.309 e. The van der Waals surface area contributed by atoms with Crippen molar-refractivity contribution >= 4 is 39.3 Å². The lowest BCUT2D eigenvalue weighted by Crippen LogP contribution is -2.33. The Morgan fingerprint density at radius 2 is 2.28 bits per heavy atom. The second kappa shape index (κ2) is 7.18. The van der Waals surface area contributed by atoms with E-state index in [-0.39, 0.29) is 0 Å². The van der Waals surface area contributed by atoms with E-state index in [2.05, 4.69) is 46.0 Å². The first-order valence-electron chi connectivity index (χ1n) is 6.49. The molecule has 18 heavy (non-hydrogen) atoms. The first-order chi connectivity index (χ1) is 8.70. The summed E-state index contributed by atoms with van der Waals surface area (Å²) >= 11 is 11.6. The molecule has 0 aliphatic heterocycles. The number of halogens is 2. The number of thioether (sulfide) groups is 1. The molecule has 0 heterocycles. The summed E-state index contributed by atoms with van der Waals surface area (Å²) in [5, 5.41) is 5.27. The van der Waals surface area contributed by atoms with Crippen LogP contribution in [0, 0.1) is 0 Å². The van der Waals surface area contributed by atoms with E-state index in [9.17, 15) is 0 Å². The van der Waals surface area contributed by atoms with Gasteiger partial charge in [-0.3, -0.25) is 0 Å². The van der Waals surface area contributed by atoms with E-state index in [4.69, 9.17) is 11.6 Å². The molecule has 0 aromatic heterocycles. The number of rotatable bonds is 5. The average molecular weight is 349 g/mol. The van der Waals surface area contributed by atoms with Crippen LogP contribution in [-0.2, 0) is 6.54 Å². The lowest BCUT2D eigenvalue weighted by atomic mass is 10.2. The van der Waals surface area contributed by atoms with Gasteiger partial charge in [0.2, 0.25) is 0 Å². The van der Waals surface area contributed by atoms with Crippen molar-refractivity contribution < 1.29 is 0 Å². The van der Waals surface area contributed by atoms with Crippen molar-refractivity contribution in [1.29, 1.82) is 0 Å². The molecule has 0 bridgehead atoms. The zero-order valence-corrected chi connectivity index (χ0v) is 13.7. The smallest absolute Gasteiger partial charge is 0.0551 e. The normalized spacial score (nSPS) is 23.5. The Morgan fingerprint density at radius 3 is 3.00 bits per heavy atom. The molecule has 1 aliphatic carbocycles. The van der Waals surface area contributed by atoms with Gasteiger partial charge >= 0.3 is 0 Å². The van der Waals surface area contributed by atoms with E-state index >= 15 is 0 Å². The molecule has 1 nitrogen and oxygen atoms in total. The van der Waals surface area contributed by atoms with Gasteiger partial charge in [-0.25, -0.2) is 0 Å². The maximum atomic E-state index is 6.11. The Balaban J connectivity index is 1.88. The molecule has 1 saturated carbocycles. The molecule has 2 rings (SSSR count). The van der Waals surface area contributed by atoms with Gasteiger partial charge in [0.25, 0.3) is 0 Å². The highest BCUT2D eigenvalue weighted by molar-refractivity contribution is 9.10. The van der Waals surface area contributed by atoms with Gasteiger partial charge in [-0.2, -0.15) is 11.8 Å². The van der Waals surface area contributed by atoms with Crippen LogP contribution >= 0.6 is 39.3 Å². The number of hydrogen-bond donors (Lipinski definition) is 1. The molecule has 0 spiro atoms. The van der Waals surface area contributed by atoms with Gasteiger partial charge in [0.1, 0.15) is 0 Å². The van der Waals surface area contributed by atoms with Crippen molar-refractivity contribution in [3.8, 4) is 0 Å². The van der Waals surface area contributed by atoms with Crippen LogP contribution in [0.15, 0.2) is 22.7 Å². The molecule has 1 aromatic rings. The summed E-state index contributed by atoms with van der Waals surface area (Å²) in [5.41, 5.74) is 1.26. The third-order valence-electron chi connectivity index (χ3n) is 3.39. The molecule has 1 fully saturated rings. The Hall–Kier alpha value is 0.300. The fourth-order valence-electron chi connectivity index (χ4n) is 2.47. The second-order valence-corrected chi connectivity index (χ2v) is 7.44. The third-order valence-corrected chi connectivity index (χ3v) is 5.94. The maximum absolute atomic E-state index is 6.11. The van der Waals surface area contributed by atoms with Crippen molar-refractivity contribution in [2.45, 2.75) is 44.0 Å². The highest BCUT2D eigenvalue weighted by atomic mass is 79.9. The average Bonchev–Trinajstić information content (AvgIpc) is 2.79. The van der Waals surface area contributed by atoms with E-state index in [0.717, 1.165) is 21.3 Å². The van der Waals surface area contributed by atoms with Crippen molar-refractivity contribution in [3.05, 3.63) is 33.3 Å². The number of nitrogens with one attached hydrogen (secondary N) is 1. The molecule has 1 N–H and O–H groups in total. The van der Waals surface area contributed by atoms with E-state index in [1.807, 2.05) is 12.1 Å². The molecular formula is C14H19BrClNS. The summed E-state index contributed by atoms with van der Waals surface area (Å²) in [4.78, 5) is 0. The van der Waals surface area contributed by atoms with Gasteiger partial charge in [0.05, 0.1) is 5.02 Å². The summed E-state index contributed by atoms with van der Waals surface area (Å²) in [6.45, 7) is 3.16. The minimum absolute atomic E-state index is 0.664. The van der Waals surface area contributed by atoms with Crippen LogP contribution in [0.1, 0.15) is 31.7 Å². The minimum atomic E-state index is 0.664. The second-order valence-electron chi connectivity index (χ2n) is 4.66.